The van der Waals surface area contributed by atoms with Gasteiger partial charge >= 0.3 is 0 Å². The minimum atomic E-state index is -0.0155. The van der Waals surface area contributed by atoms with Crippen molar-refractivity contribution in [3.05, 3.63) is 53.2 Å². The van der Waals surface area contributed by atoms with Crippen LogP contribution in [0.1, 0.15) is 42.4 Å². The average Bonchev–Trinajstić information content (AvgIpc) is 3.56. The molecule has 9 heteroatoms. The van der Waals surface area contributed by atoms with E-state index in [1.165, 1.54) is 0 Å². The van der Waals surface area contributed by atoms with Gasteiger partial charge in [-0.3, -0.25) is 14.5 Å². The van der Waals surface area contributed by atoms with Crippen LogP contribution in [0.4, 0.5) is 0 Å². The molecule has 1 fully saturated rings. The van der Waals surface area contributed by atoms with E-state index in [9.17, 15) is 9.59 Å². The molecule has 0 radical (unpaired) electrons. The number of ketones is 1. The first kappa shape index (κ1) is 24.1. The smallest absolute Gasteiger partial charge is 0.227 e. The van der Waals surface area contributed by atoms with Gasteiger partial charge in [-0.15, -0.1) is 11.3 Å². The number of ether oxygens (including phenoxy) is 1. The molecule has 34 heavy (non-hydrogen) atoms. The Balaban J connectivity index is 1.13. The van der Waals surface area contributed by atoms with Crippen LogP contribution in [0.25, 0.3) is 10.7 Å². The molecule has 0 atom stereocenters. The third kappa shape index (κ3) is 6.51. The molecule has 180 valence electrons. The summed E-state index contributed by atoms with van der Waals surface area (Å²) in [4.78, 5) is 34.7. The molecule has 3 aromatic rings. The van der Waals surface area contributed by atoms with E-state index in [0.29, 0.717) is 37.0 Å². The number of aromatic nitrogens is 2. The Kier molecular flexibility index (Phi) is 8.43. The van der Waals surface area contributed by atoms with Crippen molar-refractivity contribution in [2.45, 2.75) is 32.6 Å². The first-order chi connectivity index (χ1) is 16.6. The lowest BCUT2D eigenvalue weighted by atomic mass is 10.1. The van der Waals surface area contributed by atoms with Crippen molar-refractivity contribution in [3.8, 4) is 16.5 Å². The Labute approximate surface area is 203 Å². The second-order valence-electron chi connectivity index (χ2n) is 8.20. The third-order valence-electron chi connectivity index (χ3n) is 5.85. The fourth-order valence-electron chi connectivity index (χ4n) is 3.96. The van der Waals surface area contributed by atoms with Gasteiger partial charge in [-0.1, -0.05) is 11.2 Å². The van der Waals surface area contributed by atoms with Gasteiger partial charge in [-0.05, 0) is 55.6 Å². The molecular formula is C25H30N4O4S. The molecule has 8 nitrogen and oxygen atoms in total. The second-order valence-corrected chi connectivity index (χ2v) is 9.14. The fourth-order valence-corrected chi connectivity index (χ4v) is 4.61. The predicted molar refractivity (Wildman–Crippen MR) is 130 cm³/mol. The molecule has 0 spiro atoms. The lowest BCUT2D eigenvalue weighted by Crippen LogP contribution is -2.48. The summed E-state index contributed by atoms with van der Waals surface area (Å²) in [6, 6.07) is 11.1. The Morgan fingerprint density at radius 2 is 1.88 bits per heavy atom. The summed E-state index contributed by atoms with van der Waals surface area (Å²) in [5.74, 6) is 2.09. The molecule has 1 aromatic carbocycles. The first-order valence-corrected chi connectivity index (χ1v) is 12.6. The van der Waals surface area contributed by atoms with Crippen LogP contribution in [0, 0.1) is 0 Å². The highest BCUT2D eigenvalue weighted by atomic mass is 32.1. The van der Waals surface area contributed by atoms with E-state index >= 15 is 0 Å². The maximum atomic E-state index is 12.6. The molecule has 0 aliphatic carbocycles. The molecular weight excluding hydrogens is 452 g/mol. The van der Waals surface area contributed by atoms with Crippen molar-refractivity contribution in [1.29, 1.82) is 0 Å². The van der Waals surface area contributed by atoms with Crippen molar-refractivity contribution >= 4 is 23.0 Å². The van der Waals surface area contributed by atoms with Gasteiger partial charge in [-0.2, -0.15) is 4.98 Å². The van der Waals surface area contributed by atoms with Crippen LogP contribution < -0.4 is 4.74 Å². The zero-order valence-electron chi connectivity index (χ0n) is 19.4. The average molecular weight is 483 g/mol. The van der Waals surface area contributed by atoms with E-state index in [2.05, 4.69) is 15.0 Å². The van der Waals surface area contributed by atoms with Crippen LogP contribution in [0.5, 0.6) is 5.75 Å². The van der Waals surface area contributed by atoms with E-state index in [1.54, 1.807) is 35.6 Å². The Morgan fingerprint density at radius 3 is 2.59 bits per heavy atom. The van der Waals surface area contributed by atoms with Gasteiger partial charge in [0.05, 0.1) is 11.5 Å². The van der Waals surface area contributed by atoms with Crippen molar-refractivity contribution in [2.24, 2.45) is 0 Å². The molecule has 0 bridgehead atoms. The molecule has 1 saturated heterocycles. The molecule has 0 N–H and O–H groups in total. The van der Waals surface area contributed by atoms with Gasteiger partial charge in [0.1, 0.15) is 5.75 Å². The predicted octanol–water partition coefficient (Wildman–Crippen LogP) is 3.94. The summed E-state index contributed by atoms with van der Waals surface area (Å²) < 4.78 is 10.8. The molecule has 1 amide bonds. The second kappa shape index (κ2) is 11.9. The Bertz CT molecular complexity index is 1060. The number of thiophene rings is 1. The number of piperazine rings is 1. The van der Waals surface area contributed by atoms with Gasteiger partial charge in [0.15, 0.2) is 5.78 Å². The van der Waals surface area contributed by atoms with Crippen LogP contribution in [0.2, 0.25) is 0 Å². The molecule has 3 heterocycles. The minimum absolute atomic E-state index is 0.0155. The molecule has 0 saturated carbocycles. The Morgan fingerprint density at radius 1 is 1.09 bits per heavy atom. The molecule has 1 aliphatic rings. The maximum absolute atomic E-state index is 12.6. The molecule has 2 aromatic heterocycles. The summed E-state index contributed by atoms with van der Waals surface area (Å²) >= 11 is 1.60. The number of rotatable bonds is 11. The number of amides is 1. The summed E-state index contributed by atoms with van der Waals surface area (Å²) in [6.07, 6.45) is 2.14. The number of aryl methyl sites for hydroxylation is 1. The highest BCUT2D eigenvalue weighted by molar-refractivity contribution is 7.13. The summed E-state index contributed by atoms with van der Waals surface area (Å²) in [7, 11) is 0. The number of nitrogens with zero attached hydrogens (tertiary/aromatic N) is 4. The number of hydrogen-bond acceptors (Lipinski definition) is 8. The van der Waals surface area contributed by atoms with Crippen LogP contribution in [0.3, 0.4) is 0 Å². The summed E-state index contributed by atoms with van der Waals surface area (Å²) in [5.41, 5.74) is 0.616. The van der Waals surface area contributed by atoms with Crippen molar-refractivity contribution in [2.75, 3.05) is 39.3 Å². The van der Waals surface area contributed by atoms with Crippen LogP contribution in [-0.4, -0.2) is 71.0 Å². The first-order valence-electron chi connectivity index (χ1n) is 11.7. The quantitative estimate of drug-likeness (QED) is 0.383. The SMILES string of the molecule is CCOc1ccc(C(=O)CCC(=O)N2CCN(CCCc3nc(-c4cccs4)no3)CC2)cc1. The van der Waals surface area contributed by atoms with Crippen LogP contribution >= 0.6 is 11.3 Å². The zero-order valence-corrected chi connectivity index (χ0v) is 20.3. The normalized spacial score (nSPS) is 14.3. The summed E-state index contributed by atoms with van der Waals surface area (Å²) in [6.45, 7) is 6.49. The number of carbonyl (C=O) groups excluding carboxylic acids is 2. The van der Waals surface area contributed by atoms with E-state index in [1.807, 2.05) is 29.3 Å². The van der Waals surface area contributed by atoms with Crippen molar-refractivity contribution in [1.82, 2.24) is 19.9 Å². The van der Waals surface area contributed by atoms with Gasteiger partial charge in [0.25, 0.3) is 0 Å². The maximum Gasteiger partial charge on any atom is 0.227 e. The van der Waals surface area contributed by atoms with Gasteiger partial charge in [0.2, 0.25) is 17.6 Å². The van der Waals surface area contributed by atoms with Crippen molar-refractivity contribution < 1.29 is 18.8 Å². The largest absolute Gasteiger partial charge is 0.494 e. The topological polar surface area (TPSA) is 88.8 Å². The van der Waals surface area contributed by atoms with E-state index in [-0.39, 0.29) is 24.5 Å². The third-order valence-corrected chi connectivity index (χ3v) is 6.72. The lowest BCUT2D eigenvalue weighted by Gasteiger charge is -2.34. The number of benzene rings is 1. The van der Waals surface area contributed by atoms with Crippen LogP contribution in [0.15, 0.2) is 46.3 Å². The Hall–Kier alpha value is -3.04. The monoisotopic (exact) mass is 482 g/mol. The number of Topliss-reactive ketones (excluding diaryl/α,β-unsaturated/α-hetero) is 1. The molecule has 1 aliphatic heterocycles. The van der Waals surface area contributed by atoms with Gasteiger partial charge < -0.3 is 14.2 Å². The van der Waals surface area contributed by atoms with Gasteiger partial charge in [0, 0.05) is 51.0 Å². The number of carbonyl (C=O) groups is 2. The number of hydrogen-bond donors (Lipinski definition) is 0. The van der Waals surface area contributed by atoms with E-state index < -0.39 is 0 Å². The standard InChI is InChI=1S/C25H30N4O4S/c1-2-32-20-9-7-19(8-10-20)21(30)11-12-24(31)29-16-14-28(15-17-29)13-3-6-23-26-25(27-33-23)22-5-4-18-34-22/h4-5,7-10,18H,2-3,6,11-17H2,1H3. The van der Waals surface area contributed by atoms with Crippen LogP contribution in [-0.2, 0) is 11.2 Å². The summed E-state index contributed by atoms with van der Waals surface area (Å²) in [5, 5.41) is 6.05. The molecule has 0 unspecified atom stereocenters. The van der Waals surface area contributed by atoms with Gasteiger partial charge in [-0.25, -0.2) is 0 Å². The minimum Gasteiger partial charge on any atom is -0.494 e. The van der Waals surface area contributed by atoms with Crippen molar-refractivity contribution in [3.63, 3.8) is 0 Å². The molecule has 4 rings (SSSR count). The van der Waals surface area contributed by atoms with E-state index in [4.69, 9.17) is 9.26 Å². The fraction of sp³-hybridized carbons (Fsp3) is 0.440. The lowest BCUT2D eigenvalue weighted by molar-refractivity contribution is -0.132. The highest BCUT2D eigenvalue weighted by Gasteiger charge is 2.22. The zero-order chi connectivity index (χ0) is 23.8. The highest BCUT2D eigenvalue weighted by Crippen LogP contribution is 2.21. The van der Waals surface area contributed by atoms with E-state index in [0.717, 1.165) is 43.1 Å².